The van der Waals surface area contributed by atoms with Gasteiger partial charge in [-0.2, -0.15) is 0 Å². The van der Waals surface area contributed by atoms with Crippen molar-refractivity contribution in [3.8, 4) is 23.0 Å². The fraction of sp³-hybridized carbons (Fsp3) is 0. The van der Waals surface area contributed by atoms with E-state index in [2.05, 4.69) is 9.97 Å². The van der Waals surface area contributed by atoms with E-state index in [4.69, 9.17) is 42.9 Å². The molecular formula is C24H18AlCl2N2O7. The number of hydrogen-bond donors (Lipinski definition) is 2. The minimum absolute atomic E-state index is 0. The summed E-state index contributed by atoms with van der Waals surface area (Å²) in [6, 6.07) is 19.5. The number of nitrogens with zero attached hydrogens (tertiary/aromatic N) is 2. The second kappa shape index (κ2) is 14.7. The highest BCUT2D eigenvalue weighted by Gasteiger charge is 2.05. The molecule has 0 bridgehead atoms. The third-order valence-corrected chi connectivity index (χ3v) is 4.51. The van der Waals surface area contributed by atoms with E-state index in [1.165, 1.54) is 24.5 Å². The first-order chi connectivity index (χ1) is 16.3. The second-order valence-corrected chi connectivity index (χ2v) is 7.35. The van der Waals surface area contributed by atoms with Gasteiger partial charge in [-0.3, -0.25) is 0 Å². The van der Waals surface area contributed by atoms with Crippen LogP contribution < -0.4 is 9.47 Å². The zero-order valence-corrected chi connectivity index (χ0v) is 21.0. The predicted molar refractivity (Wildman–Crippen MR) is 135 cm³/mol. The summed E-state index contributed by atoms with van der Waals surface area (Å²) >= 11 is 11.5. The number of carbonyl (C=O) groups is 2. The molecule has 0 aliphatic rings. The van der Waals surface area contributed by atoms with Gasteiger partial charge in [-0.25, -0.2) is 19.6 Å². The number of pyridine rings is 2. The molecule has 2 aromatic heterocycles. The van der Waals surface area contributed by atoms with Crippen LogP contribution in [0.5, 0.6) is 23.0 Å². The van der Waals surface area contributed by atoms with Crippen molar-refractivity contribution >= 4 is 52.5 Å². The van der Waals surface area contributed by atoms with Crippen molar-refractivity contribution < 1.29 is 34.8 Å². The average molecular weight is 544 g/mol. The molecule has 36 heavy (non-hydrogen) atoms. The Kier molecular flexibility index (Phi) is 12.4. The lowest BCUT2D eigenvalue weighted by Gasteiger charge is -2.05. The normalized spacial score (nSPS) is 9.39. The molecule has 2 heterocycles. The predicted octanol–water partition coefficient (Wildman–Crippen LogP) is 5.25. The summed E-state index contributed by atoms with van der Waals surface area (Å²) in [5, 5.41) is 18.6. The number of rotatable bonds is 6. The van der Waals surface area contributed by atoms with Gasteiger partial charge in [0.1, 0.15) is 34.4 Å². The van der Waals surface area contributed by atoms with E-state index >= 15 is 0 Å². The Morgan fingerprint density at radius 1 is 0.583 bits per heavy atom. The van der Waals surface area contributed by atoms with E-state index in [9.17, 15) is 9.59 Å². The summed E-state index contributed by atoms with van der Waals surface area (Å²) in [7, 11) is 0. The molecule has 0 saturated heterocycles. The lowest BCUT2D eigenvalue weighted by atomic mass is 10.3. The van der Waals surface area contributed by atoms with E-state index in [0.717, 1.165) is 0 Å². The van der Waals surface area contributed by atoms with Gasteiger partial charge < -0.3 is 25.2 Å². The number of ether oxygens (including phenoxy) is 2. The van der Waals surface area contributed by atoms with Crippen molar-refractivity contribution in [2.24, 2.45) is 0 Å². The van der Waals surface area contributed by atoms with Crippen LogP contribution in [0.1, 0.15) is 21.0 Å². The van der Waals surface area contributed by atoms with Crippen molar-refractivity contribution in [2.75, 3.05) is 0 Å². The molecule has 4 N–H and O–H groups in total. The molecule has 4 aromatic rings. The number of carboxylic acid groups (broad SMARTS) is 2. The number of hydrogen-bond acceptors (Lipinski definition) is 6. The van der Waals surface area contributed by atoms with E-state index < -0.39 is 11.9 Å². The van der Waals surface area contributed by atoms with Gasteiger partial charge in [0.25, 0.3) is 0 Å². The number of aromatic nitrogens is 2. The number of aromatic carboxylic acids is 2. The van der Waals surface area contributed by atoms with E-state index in [1.807, 2.05) is 0 Å². The van der Waals surface area contributed by atoms with Gasteiger partial charge in [-0.05, 0) is 72.8 Å². The van der Waals surface area contributed by atoms with Gasteiger partial charge in [0.15, 0.2) is 0 Å². The van der Waals surface area contributed by atoms with E-state index in [0.29, 0.717) is 33.0 Å². The molecule has 4 rings (SSSR count). The molecule has 3 radical (unpaired) electrons. The summed E-state index contributed by atoms with van der Waals surface area (Å²) in [5.74, 6) is 0.0271. The first kappa shape index (κ1) is 30.4. The van der Waals surface area contributed by atoms with Crippen LogP contribution in [0.15, 0.2) is 85.2 Å². The molecule has 0 spiro atoms. The standard InChI is InChI=1S/2C12H8ClNO3.Al.H2O/c2*13-8-1-3-9(4-2-8)17-10-5-6-11(12(15)16)14-7-10;;/h2*1-7H,(H,15,16);;1H2. The van der Waals surface area contributed by atoms with E-state index in [1.54, 1.807) is 60.7 Å². The Morgan fingerprint density at radius 3 is 1.14 bits per heavy atom. The van der Waals surface area contributed by atoms with Crippen LogP contribution in [0.2, 0.25) is 10.0 Å². The smallest absolute Gasteiger partial charge is 0.354 e. The minimum Gasteiger partial charge on any atom is -0.477 e. The Hall–Kier alpha value is -3.65. The van der Waals surface area contributed by atoms with Crippen LogP contribution in [0.4, 0.5) is 0 Å². The highest BCUT2D eigenvalue weighted by atomic mass is 35.5. The van der Waals surface area contributed by atoms with Gasteiger partial charge in [0, 0.05) is 27.4 Å². The number of benzene rings is 2. The maximum atomic E-state index is 10.6. The Labute approximate surface area is 226 Å². The van der Waals surface area contributed by atoms with Crippen LogP contribution >= 0.6 is 23.2 Å². The molecule has 0 saturated carbocycles. The third-order valence-electron chi connectivity index (χ3n) is 4.01. The largest absolute Gasteiger partial charge is 0.477 e. The second-order valence-electron chi connectivity index (χ2n) is 6.48. The minimum atomic E-state index is -1.07. The molecule has 12 heteroatoms. The zero-order chi connectivity index (χ0) is 24.5. The third kappa shape index (κ3) is 9.54. The molecule has 183 valence electrons. The number of carboxylic acids is 2. The monoisotopic (exact) mass is 543 g/mol. The van der Waals surface area contributed by atoms with Crippen molar-refractivity contribution in [2.45, 2.75) is 0 Å². The quantitative estimate of drug-likeness (QED) is 0.313. The topological polar surface area (TPSA) is 150 Å². The average Bonchev–Trinajstić information content (AvgIpc) is 2.83. The molecule has 0 atom stereocenters. The van der Waals surface area contributed by atoms with Gasteiger partial charge in [-0.1, -0.05) is 23.2 Å². The zero-order valence-electron chi connectivity index (χ0n) is 18.3. The van der Waals surface area contributed by atoms with E-state index in [-0.39, 0.29) is 34.2 Å². The fourth-order valence-electron chi connectivity index (χ4n) is 2.41. The molecule has 2 aromatic carbocycles. The van der Waals surface area contributed by atoms with Gasteiger partial charge in [0.05, 0.1) is 12.4 Å². The lowest BCUT2D eigenvalue weighted by molar-refractivity contribution is 0.0679. The maximum Gasteiger partial charge on any atom is 0.354 e. The van der Waals surface area contributed by atoms with Crippen molar-refractivity contribution in [3.05, 3.63) is 107 Å². The highest BCUT2D eigenvalue weighted by molar-refractivity contribution is 6.30. The van der Waals surface area contributed by atoms with Crippen molar-refractivity contribution in [1.29, 1.82) is 0 Å². The van der Waals surface area contributed by atoms with Crippen LogP contribution in [-0.4, -0.2) is 55.0 Å². The summed E-state index contributed by atoms with van der Waals surface area (Å²) in [6.07, 6.45) is 2.72. The Balaban J connectivity index is 0.000000341. The molecule has 0 aliphatic heterocycles. The first-order valence-electron chi connectivity index (χ1n) is 9.55. The molecule has 9 nitrogen and oxygen atoms in total. The summed E-state index contributed by atoms with van der Waals surface area (Å²) in [6.45, 7) is 0. The molecular weight excluding hydrogens is 526 g/mol. The van der Waals surface area contributed by atoms with Crippen molar-refractivity contribution in [1.82, 2.24) is 9.97 Å². The van der Waals surface area contributed by atoms with Crippen LogP contribution in [0.3, 0.4) is 0 Å². The van der Waals surface area contributed by atoms with Gasteiger partial charge >= 0.3 is 11.9 Å². The summed E-state index contributed by atoms with van der Waals surface area (Å²) in [5.41, 5.74) is -0.0399. The maximum absolute atomic E-state index is 10.6. The molecule has 0 unspecified atom stereocenters. The molecule has 0 amide bonds. The summed E-state index contributed by atoms with van der Waals surface area (Å²) in [4.78, 5) is 28.7. The molecule has 0 fully saturated rings. The van der Waals surface area contributed by atoms with Gasteiger partial charge in [0.2, 0.25) is 0 Å². The SMILES string of the molecule is O.O=C(O)c1ccc(Oc2ccc(Cl)cc2)cn1.O=C(O)c1ccc(Oc2ccc(Cl)cc2)cn1.[Al]. The van der Waals surface area contributed by atoms with Crippen molar-refractivity contribution in [3.63, 3.8) is 0 Å². The lowest BCUT2D eigenvalue weighted by Crippen LogP contribution is -1.99. The Morgan fingerprint density at radius 2 is 0.889 bits per heavy atom. The van der Waals surface area contributed by atoms with Crippen LogP contribution in [0, 0.1) is 0 Å². The van der Waals surface area contributed by atoms with Crippen LogP contribution in [-0.2, 0) is 0 Å². The van der Waals surface area contributed by atoms with Crippen LogP contribution in [0.25, 0.3) is 0 Å². The molecule has 0 aliphatic carbocycles. The highest BCUT2D eigenvalue weighted by Crippen LogP contribution is 2.23. The number of halogens is 2. The Bertz CT molecular complexity index is 1150. The summed E-state index contributed by atoms with van der Waals surface area (Å²) < 4.78 is 10.9. The first-order valence-corrected chi connectivity index (χ1v) is 10.3. The fourth-order valence-corrected chi connectivity index (χ4v) is 2.66. The van der Waals surface area contributed by atoms with Gasteiger partial charge in [-0.15, -0.1) is 0 Å².